The van der Waals surface area contributed by atoms with Crippen LogP contribution < -0.4 is 0 Å². The molecule has 9 atom stereocenters. The number of aliphatic hydroxyl groups excluding tert-OH is 1. The SMILES string of the molecule is CC1=C[C@H]2C(=O)O[C@@H]3CC/C(=N\O)[C@H](C)[C@@H](/C(C)=C/C(C)C)OCO[C@H](C/C=C(\C)C[C@@H](C)/C=C/C=C4\CO[C@H]([C@@H]1O)[C@@]42O)C3. The first kappa shape index (κ1) is 35.3. The van der Waals surface area contributed by atoms with E-state index in [1.165, 1.54) is 5.57 Å². The highest BCUT2D eigenvalue weighted by Crippen LogP contribution is 2.45. The molecule has 0 saturated carbocycles. The summed E-state index contributed by atoms with van der Waals surface area (Å²) >= 11 is 0. The molecule has 45 heavy (non-hydrogen) atoms. The zero-order valence-corrected chi connectivity index (χ0v) is 27.9. The van der Waals surface area contributed by atoms with Crippen LogP contribution in [-0.4, -0.2) is 76.6 Å². The second kappa shape index (κ2) is 15.4. The normalized spacial score (nSPS) is 41.6. The molecule has 0 spiro atoms. The number of nitrogens with zero attached hydrogens (tertiary/aromatic N) is 1. The van der Waals surface area contributed by atoms with Gasteiger partial charge in [-0.05, 0) is 75.0 Å². The Morgan fingerprint density at radius 1 is 1.16 bits per heavy atom. The van der Waals surface area contributed by atoms with E-state index >= 15 is 0 Å². The fourth-order valence-electron chi connectivity index (χ4n) is 7.16. The third kappa shape index (κ3) is 8.24. The van der Waals surface area contributed by atoms with Gasteiger partial charge in [0.05, 0.1) is 24.5 Å². The quantitative estimate of drug-likeness (QED) is 0.152. The van der Waals surface area contributed by atoms with Gasteiger partial charge >= 0.3 is 5.97 Å². The molecule has 0 amide bonds. The van der Waals surface area contributed by atoms with Crippen LogP contribution in [0.5, 0.6) is 0 Å². The number of carbonyl (C=O) groups is 1. The lowest BCUT2D eigenvalue weighted by Crippen LogP contribution is -2.57. The highest BCUT2D eigenvalue weighted by atomic mass is 16.7. The third-order valence-corrected chi connectivity index (χ3v) is 9.62. The van der Waals surface area contributed by atoms with Crippen LogP contribution in [0.3, 0.4) is 0 Å². The second-order valence-electron chi connectivity index (χ2n) is 13.8. The molecule has 0 aromatic carbocycles. The number of oxime groups is 1. The van der Waals surface area contributed by atoms with Crippen LogP contribution in [0.2, 0.25) is 0 Å². The van der Waals surface area contributed by atoms with Crippen molar-refractivity contribution in [3.63, 3.8) is 0 Å². The molecule has 2 saturated heterocycles. The molecule has 4 aliphatic rings. The Balaban J connectivity index is 1.73. The highest BCUT2D eigenvalue weighted by Gasteiger charge is 2.59. The van der Waals surface area contributed by atoms with Crippen molar-refractivity contribution >= 4 is 11.7 Å². The summed E-state index contributed by atoms with van der Waals surface area (Å²) in [7, 11) is 0. The summed E-state index contributed by atoms with van der Waals surface area (Å²) < 4.78 is 24.8. The molecule has 1 aliphatic carbocycles. The van der Waals surface area contributed by atoms with E-state index in [1.54, 1.807) is 19.1 Å². The Labute approximate surface area is 268 Å². The van der Waals surface area contributed by atoms with Crippen molar-refractivity contribution in [2.75, 3.05) is 13.4 Å². The molecule has 2 bridgehead atoms. The Bertz CT molecular complexity index is 1250. The maximum absolute atomic E-state index is 14.0. The number of ether oxygens (including phenoxy) is 4. The van der Waals surface area contributed by atoms with E-state index in [0.717, 1.165) is 12.0 Å². The highest BCUT2D eigenvalue weighted by molar-refractivity contribution is 5.87. The number of rotatable bonds is 2. The number of carbonyl (C=O) groups excluding carboxylic acids is 1. The van der Waals surface area contributed by atoms with E-state index in [1.807, 2.05) is 19.9 Å². The first-order valence-electron chi connectivity index (χ1n) is 16.4. The molecular formula is C36H53NO8. The molecule has 250 valence electrons. The number of allylic oxidation sites excluding steroid dienone is 5. The van der Waals surface area contributed by atoms with E-state index in [9.17, 15) is 20.2 Å². The standard InChI is InChI=1S/C36H53NO8/c1-21(2)15-25(6)33-26(7)31(37-41)14-13-29-18-28(43-20-44-33)12-11-23(4)16-22(3)9-8-10-27-19-42-34-32(38)24(5)17-30(35(39)45-29)36(27,34)40/h8-11,15,17,21-22,26,28-30,32-34,38,40-41H,12-14,16,18-20H2,1-7H3/b9-8+,23-11+,25-15+,27-10+,37-31+/t22-,26-,28+,29+,30-,32+,33+,34+,36+/m0/s1. The van der Waals surface area contributed by atoms with E-state index in [-0.39, 0.29) is 37.4 Å². The Morgan fingerprint density at radius 2 is 1.91 bits per heavy atom. The lowest BCUT2D eigenvalue weighted by Gasteiger charge is -2.41. The van der Waals surface area contributed by atoms with Crippen molar-refractivity contribution in [1.82, 2.24) is 0 Å². The van der Waals surface area contributed by atoms with E-state index in [2.05, 4.69) is 51.1 Å². The molecule has 0 aromatic heterocycles. The molecule has 3 aliphatic heterocycles. The maximum atomic E-state index is 14.0. The van der Waals surface area contributed by atoms with Crippen LogP contribution in [0.15, 0.2) is 63.9 Å². The first-order chi connectivity index (χ1) is 21.3. The van der Waals surface area contributed by atoms with Gasteiger partial charge in [0.25, 0.3) is 0 Å². The first-order valence-corrected chi connectivity index (χ1v) is 16.4. The molecule has 9 nitrogen and oxygen atoms in total. The van der Waals surface area contributed by atoms with Crippen LogP contribution in [0.1, 0.15) is 80.6 Å². The maximum Gasteiger partial charge on any atom is 0.316 e. The molecule has 0 radical (unpaired) electrons. The Hall–Kier alpha value is -2.56. The van der Waals surface area contributed by atoms with Gasteiger partial charge in [0, 0.05) is 12.3 Å². The third-order valence-electron chi connectivity index (χ3n) is 9.62. The lowest BCUT2D eigenvalue weighted by molar-refractivity contribution is -0.171. The summed E-state index contributed by atoms with van der Waals surface area (Å²) in [5, 5.41) is 36.8. The van der Waals surface area contributed by atoms with Gasteiger partial charge in [-0.25, -0.2) is 0 Å². The summed E-state index contributed by atoms with van der Waals surface area (Å²) in [5.41, 5.74) is 2.13. The molecular weight excluding hydrogens is 574 g/mol. The summed E-state index contributed by atoms with van der Waals surface area (Å²) in [6.07, 6.45) is 11.1. The minimum atomic E-state index is -1.76. The molecule has 3 N–H and O–H groups in total. The van der Waals surface area contributed by atoms with Crippen molar-refractivity contribution in [1.29, 1.82) is 0 Å². The van der Waals surface area contributed by atoms with Crippen molar-refractivity contribution in [3.8, 4) is 0 Å². The molecule has 0 unspecified atom stereocenters. The van der Waals surface area contributed by atoms with Gasteiger partial charge < -0.3 is 34.4 Å². The van der Waals surface area contributed by atoms with Crippen molar-refractivity contribution in [2.45, 2.75) is 117 Å². The van der Waals surface area contributed by atoms with Crippen molar-refractivity contribution < 1.29 is 39.2 Å². The van der Waals surface area contributed by atoms with E-state index in [0.29, 0.717) is 48.5 Å². The van der Waals surface area contributed by atoms with Crippen LogP contribution in [-0.2, 0) is 23.7 Å². The topological polar surface area (TPSA) is 127 Å². The molecule has 2 fully saturated rings. The largest absolute Gasteiger partial charge is 0.462 e. The minimum absolute atomic E-state index is 0.0315. The molecule has 9 heteroatoms. The monoisotopic (exact) mass is 627 g/mol. The van der Waals surface area contributed by atoms with Gasteiger partial charge in [-0.1, -0.05) is 74.9 Å². The zero-order chi connectivity index (χ0) is 32.9. The second-order valence-corrected chi connectivity index (χ2v) is 13.8. The predicted octanol–water partition coefficient (Wildman–Crippen LogP) is 5.80. The summed E-state index contributed by atoms with van der Waals surface area (Å²) in [6, 6.07) is 0. The smallest absolute Gasteiger partial charge is 0.316 e. The van der Waals surface area contributed by atoms with Gasteiger partial charge in [-0.15, -0.1) is 0 Å². The number of hydrogen-bond donors (Lipinski definition) is 3. The van der Waals surface area contributed by atoms with E-state index in [4.69, 9.17) is 18.9 Å². The number of hydrogen-bond acceptors (Lipinski definition) is 9. The fourth-order valence-corrected chi connectivity index (χ4v) is 7.16. The average molecular weight is 628 g/mol. The van der Waals surface area contributed by atoms with Crippen LogP contribution in [0.25, 0.3) is 0 Å². The minimum Gasteiger partial charge on any atom is -0.462 e. The van der Waals surface area contributed by atoms with Crippen LogP contribution in [0, 0.1) is 23.7 Å². The van der Waals surface area contributed by atoms with Crippen molar-refractivity contribution in [2.24, 2.45) is 28.8 Å². The molecule has 4 rings (SSSR count). The van der Waals surface area contributed by atoms with Crippen LogP contribution >= 0.6 is 0 Å². The van der Waals surface area contributed by atoms with E-state index < -0.39 is 35.8 Å². The number of fused-ring (bicyclic) bond motifs is 2. The Morgan fingerprint density at radius 3 is 2.62 bits per heavy atom. The van der Waals surface area contributed by atoms with Gasteiger partial charge in [-0.2, -0.15) is 0 Å². The average Bonchev–Trinajstić information content (AvgIpc) is 3.30. The zero-order valence-electron chi connectivity index (χ0n) is 27.9. The summed E-state index contributed by atoms with van der Waals surface area (Å²) in [4.78, 5) is 14.0. The molecule has 3 heterocycles. The summed E-state index contributed by atoms with van der Waals surface area (Å²) in [5.74, 6) is -1.35. The fraction of sp³-hybridized carbons (Fsp3) is 0.667. The van der Waals surface area contributed by atoms with Gasteiger partial charge in [0.15, 0.2) is 0 Å². The lowest BCUT2D eigenvalue weighted by atomic mass is 9.71. The molecule has 0 aromatic rings. The number of esters is 1. The van der Waals surface area contributed by atoms with Crippen molar-refractivity contribution in [3.05, 3.63) is 58.7 Å². The van der Waals surface area contributed by atoms with Gasteiger partial charge in [-0.3, -0.25) is 4.79 Å². The van der Waals surface area contributed by atoms with Gasteiger partial charge in [0.2, 0.25) is 0 Å². The van der Waals surface area contributed by atoms with Crippen LogP contribution in [0.4, 0.5) is 0 Å². The summed E-state index contributed by atoms with van der Waals surface area (Å²) in [6.45, 7) is 14.3. The van der Waals surface area contributed by atoms with Gasteiger partial charge in [0.1, 0.15) is 36.6 Å². The Kier molecular flexibility index (Phi) is 12.0. The number of aliphatic hydroxyl groups is 2. The predicted molar refractivity (Wildman–Crippen MR) is 173 cm³/mol.